The summed E-state index contributed by atoms with van der Waals surface area (Å²) < 4.78 is 13.5. The quantitative estimate of drug-likeness (QED) is 0.669. The molecule has 3 nitrogen and oxygen atoms in total. The highest BCUT2D eigenvalue weighted by molar-refractivity contribution is 6.01. The van der Waals surface area contributed by atoms with Crippen LogP contribution in [0.5, 0.6) is 0 Å². The van der Waals surface area contributed by atoms with Crippen LogP contribution in [0.25, 0.3) is 6.08 Å². The molecule has 98 valence electrons. The van der Waals surface area contributed by atoms with Crippen molar-refractivity contribution >= 4 is 12.0 Å². The van der Waals surface area contributed by atoms with Gasteiger partial charge in [-0.15, -0.1) is 0 Å². The molecule has 0 spiro atoms. The first kappa shape index (κ1) is 13.3. The lowest BCUT2D eigenvalue weighted by Gasteiger charge is -2.10. The van der Waals surface area contributed by atoms with E-state index in [-0.39, 0.29) is 17.2 Å². The van der Waals surface area contributed by atoms with E-state index in [4.69, 9.17) is 5.26 Å². The van der Waals surface area contributed by atoms with Crippen LogP contribution < -0.4 is 5.32 Å². The van der Waals surface area contributed by atoms with Crippen LogP contribution in [0, 0.1) is 17.1 Å². The fourth-order valence-corrected chi connectivity index (χ4v) is 2.23. The van der Waals surface area contributed by atoms with E-state index < -0.39 is 11.7 Å². The molecular weight excluding hydrogens is 243 g/mol. The molecule has 0 atom stereocenters. The molecule has 1 aliphatic rings. The fraction of sp³-hybridized carbons (Fsp3) is 0.333. The number of halogens is 1. The summed E-state index contributed by atoms with van der Waals surface area (Å²) in [4.78, 5) is 11.9. The number of benzene rings is 1. The highest BCUT2D eigenvalue weighted by atomic mass is 19.1. The van der Waals surface area contributed by atoms with Crippen LogP contribution in [0.15, 0.2) is 29.8 Å². The van der Waals surface area contributed by atoms with Crippen molar-refractivity contribution < 1.29 is 9.18 Å². The van der Waals surface area contributed by atoms with Gasteiger partial charge < -0.3 is 5.32 Å². The lowest BCUT2D eigenvalue weighted by molar-refractivity contribution is -0.117. The lowest BCUT2D eigenvalue weighted by atomic mass is 10.1. The molecular formula is C15H15FN2O. The Morgan fingerprint density at radius 1 is 1.37 bits per heavy atom. The van der Waals surface area contributed by atoms with Crippen molar-refractivity contribution in [2.24, 2.45) is 0 Å². The number of hydrogen-bond donors (Lipinski definition) is 1. The summed E-state index contributed by atoms with van der Waals surface area (Å²) in [5.74, 6) is -0.860. The molecule has 1 N–H and O–H groups in total. The summed E-state index contributed by atoms with van der Waals surface area (Å²) in [6.07, 6.45) is 5.39. The number of hydrogen-bond acceptors (Lipinski definition) is 2. The van der Waals surface area contributed by atoms with Crippen LogP contribution in [0.1, 0.15) is 31.2 Å². The molecule has 1 fully saturated rings. The molecule has 1 amide bonds. The standard InChI is InChI=1S/C15H15FN2O/c16-14-8-4-1-5-11(14)9-12(10-17)15(19)18-13-6-2-3-7-13/h1,4-5,8-9,13H,2-3,6-7H2,(H,18,19)/b12-9+. The molecule has 0 unspecified atom stereocenters. The third-order valence-electron chi connectivity index (χ3n) is 3.26. The predicted octanol–water partition coefficient (Wildman–Crippen LogP) is 2.79. The van der Waals surface area contributed by atoms with Gasteiger partial charge >= 0.3 is 0 Å². The normalized spacial score (nSPS) is 16.1. The van der Waals surface area contributed by atoms with Gasteiger partial charge in [0.1, 0.15) is 17.5 Å². The zero-order valence-electron chi connectivity index (χ0n) is 10.5. The SMILES string of the molecule is N#C/C(=C\c1ccccc1F)C(=O)NC1CCCC1. The van der Waals surface area contributed by atoms with Gasteiger partial charge in [-0.25, -0.2) is 4.39 Å². The minimum Gasteiger partial charge on any atom is -0.349 e. The van der Waals surface area contributed by atoms with E-state index in [1.54, 1.807) is 12.1 Å². The summed E-state index contributed by atoms with van der Waals surface area (Å²) in [5, 5.41) is 11.8. The first-order valence-electron chi connectivity index (χ1n) is 6.38. The Morgan fingerprint density at radius 2 is 2.05 bits per heavy atom. The maximum Gasteiger partial charge on any atom is 0.262 e. The second-order valence-electron chi connectivity index (χ2n) is 4.65. The molecule has 0 saturated heterocycles. The maximum absolute atomic E-state index is 13.5. The fourth-order valence-electron chi connectivity index (χ4n) is 2.23. The highest BCUT2D eigenvalue weighted by Crippen LogP contribution is 2.18. The zero-order valence-corrected chi connectivity index (χ0v) is 10.5. The van der Waals surface area contributed by atoms with E-state index in [0.29, 0.717) is 0 Å². The van der Waals surface area contributed by atoms with Crippen molar-refractivity contribution in [2.45, 2.75) is 31.7 Å². The second-order valence-corrected chi connectivity index (χ2v) is 4.65. The summed E-state index contributed by atoms with van der Waals surface area (Å²) >= 11 is 0. The van der Waals surface area contributed by atoms with E-state index in [2.05, 4.69) is 5.32 Å². The average Bonchev–Trinajstić information content (AvgIpc) is 2.90. The Hall–Kier alpha value is -2.15. The molecule has 0 radical (unpaired) electrons. The van der Waals surface area contributed by atoms with E-state index in [1.165, 1.54) is 18.2 Å². The van der Waals surface area contributed by atoms with Crippen LogP contribution >= 0.6 is 0 Å². The van der Waals surface area contributed by atoms with E-state index in [1.807, 2.05) is 6.07 Å². The molecule has 1 aromatic rings. The maximum atomic E-state index is 13.5. The van der Waals surface area contributed by atoms with Crippen molar-refractivity contribution in [3.8, 4) is 6.07 Å². The van der Waals surface area contributed by atoms with Gasteiger partial charge in [0.05, 0.1) is 0 Å². The first-order chi connectivity index (χ1) is 9.20. The lowest BCUT2D eigenvalue weighted by Crippen LogP contribution is -2.33. The van der Waals surface area contributed by atoms with Crippen LogP contribution in [0.4, 0.5) is 4.39 Å². The molecule has 4 heteroatoms. The summed E-state index contributed by atoms with van der Waals surface area (Å²) in [5.41, 5.74) is 0.192. The minimum atomic E-state index is -0.441. The molecule has 19 heavy (non-hydrogen) atoms. The predicted molar refractivity (Wildman–Crippen MR) is 70.4 cm³/mol. The summed E-state index contributed by atoms with van der Waals surface area (Å²) in [6.45, 7) is 0. The van der Waals surface area contributed by atoms with Gasteiger partial charge in [-0.3, -0.25) is 4.79 Å². The van der Waals surface area contributed by atoms with Gasteiger partial charge in [-0.1, -0.05) is 31.0 Å². The molecule has 1 saturated carbocycles. The number of carbonyl (C=O) groups is 1. The highest BCUT2D eigenvalue weighted by Gasteiger charge is 2.19. The third kappa shape index (κ3) is 3.41. The Balaban J connectivity index is 2.13. The summed E-state index contributed by atoms with van der Waals surface area (Å²) in [6, 6.07) is 8.05. The second kappa shape index (κ2) is 6.14. The van der Waals surface area contributed by atoms with Crippen molar-refractivity contribution in [2.75, 3.05) is 0 Å². The minimum absolute atomic E-state index is 0.0583. The van der Waals surface area contributed by atoms with Crippen LogP contribution in [0.2, 0.25) is 0 Å². The molecule has 0 heterocycles. The van der Waals surface area contributed by atoms with Gasteiger partial charge in [0.25, 0.3) is 5.91 Å². The van der Waals surface area contributed by atoms with E-state index in [9.17, 15) is 9.18 Å². The number of amides is 1. The Kier molecular flexibility index (Phi) is 4.30. The molecule has 0 bridgehead atoms. The third-order valence-corrected chi connectivity index (χ3v) is 3.26. The van der Waals surface area contributed by atoms with Crippen molar-refractivity contribution in [1.29, 1.82) is 5.26 Å². The van der Waals surface area contributed by atoms with Crippen LogP contribution in [-0.4, -0.2) is 11.9 Å². The van der Waals surface area contributed by atoms with E-state index in [0.717, 1.165) is 25.7 Å². The largest absolute Gasteiger partial charge is 0.349 e. The monoisotopic (exact) mass is 258 g/mol. The molecule has 2 rings (SSSR count). The first-order valence-corrected chi connectivity index (χ1v) is 6.38. The number of nitrogens with one attached hydrogen (secondary N) is 1. The number of nitriles is 1. The van der Waals surface area contributed by atoms with Gasteiger partial charge in [0, 0.05) is 11.6 Å². The van der Waals surface area contributed by atoms with Crippen LogP contribution in [0.3, 0.4) is 0 Å². The number of rotatable bonds is 3. The molecule has 0 aromatic heterocycles. The molecule has 1 aromatic carbocycles. The molecule has 1 aliphatic carbocycles. The van der Waals surface area contributed by atoms with Crippen molar-refractivity contribution in [3.63, 3.8) is 0 Å². The number of carbonyl (C=O) groups excluding carboxylic acids is 1. The molecule has 0 aliphatic heterocycles. The van der Waals surface area contributed by atoms with Gasteiger partial charge in [0.15, 0.2) is 0 Å². The summed E-state index contributed by atoms with van der Waals surface area (Å²) in [7, 11) is 0. The smallest absolute Gasteiger partial charge is 0.262 e. The van der Waals surface area contributed by atoms with Crippen molar-refractivity contribution in [1.82, 2.24) is 5.32 Å². The Morgan fingerprint density at radius 3 is 2.68 bits per heavy atom. The van der Waals surface area contributed by atoms with Crippen LogP contribution in [-0.2, 0) is 4.79 Å². The Labute approximate surface area is 111 Å². The van der Waals surface area contributed by atoms with Gasteiger partial charge in [0.2, 0.25) is 0 Å². The Bertz CT molecular complexity index is 539. The van der Waals surface area contributed by atoms with E-state index >= 15 is 0 Å². The number of nitrogens with zero attached hydrogens (tertiary/aromatic N) is 1. The van der Waals surface area contributed by atoms with Gasteiger partial charge in [-0.05, 0) is 25.0 Å². The average molecular weight is 258 g/mol. The topological polar surface area (TPSA) is 52.9 Å². The zero-order chi connectivity index (χ0) is 13.7. The van der Waals surface area contributed by atoms with Gasteiger partial charge in [-0.2, -0.15) is 5.26 Å². The van der Waals surface area contributed by atoms with Crippen molar-refractivity contribution in [3.05, 3.63) is 41.2 Å².